The number of rotatable bonds is 6. The first-order valence-corrected chi connectivity index (χ1v) is 9.38. The molecule has 1 aromatic heterocycles. The molecule has 0 aliphatic carbocycles. The summed E-state index contributed by atoms with van der Waals surface area (Å²) in [5, 5.41) is 2.73. The SMILES string of the molecule is CN(c1ccccc1C(=O)NCc1ccco1)S(=O)(=O)c1ccccc1. The molecule has 0 aliphatic heterocycles. The molecule has 0 radical (unpaired) electrons. The molecule has 3 aromatic rings. The van der Waals surface area contributed by atoms with Crippen LogP contribution in [0.25, 0.3) is 0 Å². The molecule has 0 spiro atoms. The standard InChI is InChI=1S/C19H18N2O4S/c1-21(26(23,24)16-9-3-2-4-10-16)18-12-6-5-11-17(18)19(22)20-14-15-8-7-13-25-15/h2-13H,14H2,1H3,(H,20,22). The second-order valence-electron chi connectivity index (χ2n) is 5.56. The Balaban J connectivity index is 1.87. The number of hydrogen-bond donors (Lipinski definition) is 1. The van der Waals surface area contributed by atoms with Crippen LogP contribution in [-0.2, 0) is 16.6 Å². The molecule has 7 heteroatoms. The van der Waals surface area contributed by atoms with E-state index in [4.69, 9.17) is 4.42 Å². The smallest absolute Gasteiger partial charge is 0.264 e. The van der Waals surface area contributed by atoms with Crippen LogP contribution < -0.4 is 9.62 Å². The zero-order valence-electron chi connectivity index (χ0n) is 14.1. The largest absolute Gasteiger partial charge is 0.467 e. The minimum Gasteiger partial charge on any atom is -0.467 e. The van der Waals surface area contributed by atoms with Gasteiger partial charge in [0.05, 0.1) is 29.0 Å². The number of sulfonamides is 1. The quantitative estimate of drug-likeness (QED) is 0.723. The summed E-state index contributed by atoms with van der Waals surface area (Å²) in [5.41, 5.74) is 0.564. The first-order valence-electron chi connectivity index (χ1n) is 7.94. The number of carbonyl (C=O) groups excluding carboxylic acids is 1. The maximum atomic E-state index is 12.8. The van der Waals surface area contributed by atoms with Crippen LogP contribution in [0.4, 0.5) is 5.69 Å². The van der Waals surface area contributed by atoms with Gasteiger partial charge in [-0.2, -0.15) is 0 Å². The van der Waals surface area contributed by atoms with Crippen LogP contribution in [0.2, 0.25) is 0 Å². The van der Waals surface area contributed by atoms with Gasteiger partial charge in [0.2, 0.25) is 0 Å². The van der Waals surface area contributed by atoms with E-state index in [1.54, 1.807) is 54.6 Å². The Labute approximate surface area is 152 Å². The lowest BCUT2D eigenvalue weighted by Gasteiger charge is -2.22. The summed E-state index contributed by atoms with van der Waals surface area (Å²) >= 11 is 0. The van der Waals surface area contributed by atoms with Gasteiger partial charge in [0.25, 0.3) is 15.9 Å². The number of furan rings is 1. The average Bonchev–Trinajstić information content (AvgIpc) is 3.20. The average molecular weight is 370 g/mol. The molecule has 26 heavy (non-hydrogen) atoms. The predicted octanol–water partition coefficient (Wildman–Crippen LogP) is 3.03. The summed E-state index contributed by atoms with van der Waals surface area (Å²) in [5.74, 6) is 0.230. The van der Waals surface area contributed by atoms with Gasteiger partial charge in [-0.15, -0.1) is 0 Å². The third-order valence-electron chi connectivity index (χ3n) is 3.89. The number of nitrogens with zero attached hydrogens (tertiary/aromatic N) is 1. The van der Waals surface area contributed by atoms with Crippen molar-refractivity contribution in [1.29, 1.82) is 0 Å². The van der Waals surface area contributed by atoms with E-state index >= 15 is 0 Å². The fourth-order valence-corrected chi connectivity index (χ4v) is 3.73. The van der Waals surface area contributed by atoms with E-state index in [2.05, 4.69) is 5.32 Å². The van der Waals surface area contributed by atoms with Crippen molar-refractivity contribution in [3.63, 3.8) is 0 Å². The summed E-state index contributed by atoms with van der Waals surface area (Å²) in [6.07, 6.45) is 1.52. The van der Waals surface area contributed by atoms with Crippen molar-refractivity contribution in [2.75, 3.05) is 11.4 Å². The Morgan fingerprint density at radius 2 is 1.69 bits per heavy atom. The van der Waals surface area contributed by atoms with E-state index in [9.17, 15) is 13.2 Å². The highest BCUT2D eigenvalue weighted by molar-refractivity contribution is 7.92. The minimum atomic E-state index is -3.77. The Kier molecular flexibility index (Phi) is 5.09. The summed E-state index contributed by atoms with van der Waals surface area (Å²) in [6, 6.07) is 18.1. The van der Waals surface area contributed by atoms with Gasteiger partial charge in [-0.05, 0) is 36.4 Å². The lowest BCUT2D eigenvalue weighted by Crippen LogP contribution is -2.30. The number of carbonyl (C=O) groups is 1. The molecule has 1 N–H and O–H groups in total. The molecule has 6 nitrogen and oxygen atoms in total. The van der Waals surface area contributed by atoms with Gasteiger partial charge in [0.15, 0.2) is 0 Å². The number of benzene rings is 2. The highest BCUT2D eigenvalue weighted by Crippen LogP contribution is 2.25. The molecule has 0 fully saturated rings. The van der Waals surface area contributed by atoms with E-state index in [-0.39, 0.29) is 22.9 Å². The van der Waals surface area contributed by atoms with Crippen molar-refractivity contribution in [1.82, 2.24) is 5.32 Å². The van der Waals surface area contributed by atoms with Crippen LogP contribution >= 0.6 is 0 Å². The topological polar surface area (TPSA) is 79.6 Å². The Hall–Kier alpha value is -3.06. The Bertz CT molecular complexity index is 983. The van der Waals surface area contributed by atoms with E-state index in [0.717, 1.165) is 4.31 Å². The normalized spacial score (nSPS) is 11.1. The molecule has 0 aliphatic rings. The van der Waals surface area contributed by atoms with Crippen molar-refractivity contribution in [2.24, 2.45) is 0 Å². The predicted molar refractivity (Wildman–Crippen MR) is 98.4 cm³/mol. The lowest BCUT2D eigenvalue weighted by atomic mass is 10.1. The van der Waals surface area contributed by atoms with E-state index in [0.29, 0.717) is 11.4 Å². The number of amides is 1. The zero-order chi connectivity index (χ0) is 18.6. The second kappa shape index (κ2) is 7.45. The minimum absolute atomic E-state index is 0.160. The Morgan fingerprint density at radius 1 is 1.00 bits per heavy atom. The summed E-state index contributed by atoms with van der Waals surface area (Å²) in [4.78, 5) is 12.7. The molecule has 134 valence electrons. The van der Waals surface area contributed by atoms with E-state index in [1.807, 2.05) is 0 Å². The highest BCUT2D eigenvalue weighted by Gasteiger charge is 2.24. The fourth-order valence-electron chi connectivity index (χ4n) is 2.50. The van der Waals surface area contributed by atoms with E-state index in [1.165, 1.54) is 25.4 Å². The van der Waals surface area contributed by atoms with Gasteiger partial charge < -0.3 is 9.73 Å². The van der Waals surface area contributed by atoms with Gasteiger partial charge in [-0.1, -0.05) is 30.3 Å². The van der Waals surface area contributed by atoms with Crippen LogP contribution in [0.15, 0.2) is 82.3 Å². The van der Waals surface area contributed by atoms with Crippen molar-refractivity contribution >= 4 is 21.6 Å². The second-order valence-corrected chi connectivity index (χ2v) is 7.53. The third-order valence-corrected chi connectivity index (χ3v) is 5.68. The van der Waals surface area contributed by atoms with Crippen LogP contribution in [0, 0.1) is 0 Å². The van der Waals surface area contributed by atoms with E-state index < -0.39 is 10.0 Å². The lowest BCUT2D eigenvalue weighted by molar-refractivity contribution is 0.0948. The molecule has 2 aromatic carbocycles. The van der Waals surface area contributed by atoms with Crippen LogP contribution in [0.3, 0.4) is 0 Å². The van der Waals surface area contributed by atoms with Gasteiger partial charge in [-0.25, -0.2) is 8.42 Å². The van der Waals surface area contributed by atoms with Crippen LogP contribution in [0.5, 0.6) is 0 Å². The number of anilines is 1. The first kappa shape index (κ1) is 17.8. The molecular formula is C19H18N2O4S. The molecule has 0 bridgehead atoms. The van der Waals surface area contributed by atoms with Crippen LogP contribution in [0.1, 0.15) is 16.1 Å². The number of para-hydroxylation sites is 1. The summed E-state index contributed by atoms with van der Waals surface area (Å²) in [7, 11) is -2.34. The molecule has 0 saturated heterocycles. The number of nitrogens with one attached hydrogen (secondary N) is 1. The summed E-state index contributed by atoms with van der Waals surface area (Å²) in [6.45, 7) is 0.218. The van der Waals surface area contributed by atoms with Crippen LogP contribution in [-0.4, -0.2) is 21.4 Å². The molecule has 1 heterocycles. The molecule has 3 rings (SSSR count). The molecular weight excluding hydrogens is 352 g/mol. The fraction of sp³-hybridized carbons (Fsp3) is 0.105. The number of hydrogen-bond acceptors (Lipinski definition) is 4. The summed E-state index contributed by atoms with van der Waals surface area (Å²) < 4.78 is 32.0. The van der Waals surface area contributed by atoms with Crippen molar-refractivity contribution in [2.45, 2.75) is 11.4 Å². The van der Waals surface area contributed by atoms with Gasteiger partial charge in [-0.3, -0.25) is 9.10 Å². The zero-order valence-corrected chi connectivity index (χ0v) is 14.9. The van der Waals surface area contributed by atoms with Crippen molar-refractivity contribution < 1.29 is 17.6 Å². The van der Waals surface area contributed by atoms with Crippen molar-refractivity contribution in [3.05, 3.63) is 84.3 Å². The maximum absolute atomic E-state index is 12.8. The first-order chi connectivity index (χ1) is 12.5. The molecule has 0 unspecified atom stereocenters. The van der Waals surface area contributed by atoms with Gasteiger partial charge in [0.1, 0.15) is 5.76 Å². The van der Waals surface area contributed by atoms with Crippen molar-refractivity contribution in [3.8, 4) is 0 Å². The highest BCUT2D eigenvalue weighted by atomic mass is 32.2. The molecule has 0 atom stereocenters. The molecule has 0 saturated carbocycles. The monoisotopic (exact) mass is 370 g/mol. The molecule has 1 amide bonds. The van der Waals surface area contributed by atoms with Gasteiger partial charge in [0, 0.05) is 7.05 Å². The maximum Gasteiger partial charge on any atom is 0.264 e. The third kappa shape index (κ3) is 3.62. The Morgan fingerprint density at radius 3 is 2.38 bits per heavy atom. The van der Waals surface area contributed by atoms with Gasteiger partial charge >= 0.3 is 0 Å².